The first-order valence-corrected chi connectivity index (χ1v) is 12.7. The van der Waals surface area contributed by atoms with Crippen LogP contribution < -0.4 is 9.47 Å². The molecule has 1 aromatic carbocycles. The zero-order chi connectivity index (χ0) is 25.3. The number of hydrogen-bond donors (Lipinski definition) is 1. The van der Waals surface area contributed by atoms with Crippen LogP contribution in [-0.2, 0) is 14.6 Å². The number of rotatable bonds is 6. The van der Waals surface area contributed by atoms with Gasteiger partial charge in [-0.15, -0.1) is 5.10 Å². The van der Waals surface area contributed by atoms with Crippen LogP contribution in [0.25, 0.3) is 6.08 Å². The van der Waals surface area contributed by atoms with Crippen LogP contribution in [0.3, 0.4) is 0 Å². The van der Waals surface area contributed by atoms with E-state index in [1.807, 2.05) is 0 Å². The number of carbonyl (C=O) groups is 2. The van der Waals surface area contributed by atoms with Gasteiger partial charge < -0.3 is 13.9 Å². The standard InChI is InChI=1S/C22H20N4O7S2/c1-12(2)11-35(29,30)22-25-26-18(23)14(19(27)24-21(26)34-22)9-13-6-7-15(17(10-13)31-3)33-20(28)16-5-4-8-32-16/h4-10,12,23H,11H2,1-3H3/b14-9+,23-18?. The first kappa shape index (κ1) is 24.4. The molecule has 11 nitrogen and oxygen atoms in total. The summed E-state index contributed by atoms with van der Waals surface area (Å²) < 4.78 is 40.5. The first-order valence-electron chi connectivity index (χ1n) is 10.3. The normalized spacial score (nSPS) is 16.9. The number of carbonyl (C=O) groups excluding carboxylic acids is 2. The number of thioether (sulfide) groups is 1. The molecule has 0 saturated heterocycles. The van der Waals surface area contributed by atoms with Gasteiger partial charge in [-0.2, -0.15) is 10.0 Å². The monoisotopic (exact) mass is 516 g/mol. The van der Waals surface area contributed by atoms with Gasteiger partial charge in [0.25, 0.3) is 5.91 Å². The summed E-state index contributed by atoms with van der Waals surface area (Å²) in [6.07, 6.45) is 2.74. The molecular weight excluding hydrogens is 496 g/mol. The molecule has 0 fully saturated rings. The second-order valence-corrected chi connectivity index (χ2v) is 11.0. The van der Waals surface area contributed by atoms with Gasteiger partial charge in [-0.1, -0.05) is 19.9 Å². The first-order chi connectivity index (χ1) is 16.6. The highest BCUT2D eigenvalue weighted by Gasteiger charge is 2.39. The molecule has 0 bridgehead atoms. The van der Waals surface area contributed by atoms with E-state index < -0.39 is 21.7 Å². The second kappa shape index (κ2) is 9.50. The number of fused-ring (bicyclic) bond motifs is 1. The lowest BCUT2D eigenvalue weighted by molar-refractivity contribution is -0.114. The lowest BCUT2D eigenvalue weighted by Crippen LogP contribution is -2.35. The molecular formula is C22H20N4O7S2. The van der Waals surface area contributed by atoms with Gasteiger partial charge in [-0.3, -0.25) is 10.2 Å². The third-order valence-electron chi connectivity index (χ3n) is 4.68. The van der Waals surface area contributed by atoms with Gasteiger partial charge in [0, 0.05) is 0 Å². The number of nitrogens with zero attached hydrogens (tertiary/aromatic N) is 3. The van der Waals surface area contributed by atoms with E-state index in [9.17, 15) is 18.0 Å². The molecule has 0 atom stereocenters. The number of amides is 1. The highest BCUT2D eigenvalue weighted by Crippen LogP contribution is 2.33. The Kier molecular flexibility index (Phi) is 6.63. The van der Waals surface area contributed by atoms with E-state index >= 15 is 0 Å². The van der Waals surface area contributed by atoms with Crippen LogP contribution in [0.4, 0.5) is 0 Å². The molecule has 2 aromatic rings. The number of hydrogen-bond acceptors (Lipinski definition) is 10. The van der Waals surface area contributed by atoms with Crippen LogP contribution in [-0.4, -0.2) is 53.5 Å². The third-order valence-corrected chi connectivity index (χ3v) is 8.11. The number of nitrogens with one attached hydrogen (secondary N) is 1. The van der Waals surface area contributed by atoms with Gasteiger partial charge in [-0.05, 0) is 53.6 Å². The maximum absolute atomic E-state index is 12.6. The average Bonchev–Trinajstić information content (AvgIpc) is 3.47. The fourth-order valence-corrected chi connectivity index (χ4v) is 5.97. The minimum absolute atomic E-state index is 0.0113. The van der Waals surface area contributed by atoms with Crippen molar-refractivity contribution in [1.29, 1.82) is 5.41 Å². The summed E-state index contributed by atoms with van der Waals surface area (Å²) >= 11 is 0.745. The van der Waals surface area contributed by atoms with Gasteiger partial charge in [0.05, 0.1) is 24.7 Å². The van der Waals surface area contributed by atoms with Crippen molar-refractivity contribution in [1.82, 2.24) is 5.01 Å². The van der Waals surface area contributed by atoms with E-state index in [1.165, 1.54) is 37.6 Å². The summed E-state index contributed by atoms with van der Waals surface area (Å²) in [5.41, 5.74) is 0.359. The van der Waals surface area contributed by atoms with Crippen LogP contribution in [0.5, 0.6) is 11.5 Å². The number of hydrazone groups is 1. The Morgan fingerprint density at radius 1 is 1.29 bits per heavy atom. The Morgan fingerprint density at radius 2 is 2.06 bits per heavy atom. The molecule has 2 aliphatic rings. The molecule has 0 saturated carbocycles. The van der Waals surface area contributed by atoms with Crippen LogP contribution in [0.2, 0.25) is 0 Å². The summed E-state index contributed by atoms with van der Waals surface area (Å²) in [6, 6.07) is 7.55. The van der Waals surface area contributed by atoms with E-state index in [-0.39, 0.29) is 49.9 Å². The fourth-order valence-electron chi connectivity index (χ4n) is 3.18. The van der Waals surface area contributed by atoms with Crippen molar-refractivity contribution >= 4 is 54.9 Å². The maximum Gasteiger partial charge on any atom is 0.379 e. The lowest BCUT2D eigenvalue weighted by atomic mass is 10.1. The van der Waals surface area contributed by atoms with Gasteiger partial charge in [0.2, 0.25) is 25.1 Å². The zero-order valence-electron chi connectivity index (χ0n) is 18.8. The Morgan fingerprint density at radius 3 is 2.71 bits per heavy atom. The van der Waals surface area contributed by atoms with Crippen molar-refractivity contribution in [2.24, 2.45) is 16.0 Å². The van der Waals surface area contributed by atoms with Gasteiger partial charge in [-0.25, -0.2) is 13.2 Å². The number of aliphatic imine (C=N–C) groups is 1. The van der Waals surface area contributed by atoms with Gasteiger partial charge in [0.15, 0.2) is 17.3 Å². The van der Waals surface area contributed by atoms with E-state index in [1.54, 1.807) is 26.0 Å². The number of benzene rings is 1. The Bertz CT molecular complexity index is 1410. The number of ether oxygens (including phenoxy) is 2. The topological polar surface area (TPSA) is 152 Å². The molecule has 4 rings (SSSR count). The van der Waals surface area contributed by atoms with Crippen LogP contribution in [0.1, 0.15) is 30.0 Å². The predicted octanol–water partition coefficient (Wildman–Crippen LogP) is 3.15. The molecule has 1 aromatic heterocycles. The molecule has 1 amide bonds. The molecule has 3 heterocycles. The maximum atomic E-state index is 12.6. The molecule has 13 heteroatoms. The van der Waals surface area contributed by atoms with E-state index in [0.29, 0.717) is 5.56 Å². The molecule has 35 heavy (non-hydrogen) atoms. The van der Waals surface area contributed by atoms with Crippen LogP contribution >= 0.6 is 11.8 Å². The Balaban J connectivity index is 1.60. The number of furan rings is 1. The van der Waals surface area contributed by atoms with Crippen molar-refractivity contribution in [2.45, 2.75) is 13.8 Å². The van der Waals surface area contributed by atoms with Crippen molar-refractivity contribution in [2.75, 3.05) is 12.9 Å². The molecule has 2 aliphatic heterocycles. The SMILES string of the molecule is COc1cc(/C=C2\C(=N)N3N=C(S(=O)(=O)CC(C)C)SC3=NC2=O)ccc1OC(=O)c1ccco1. The highest BCUT2D eigenvalue weighted by molar-refractivity contribution is 8.42. The summed E-state index contributed by atoms with van der Waals surface area (Å²) in [6.45, 7) is 3.54. The minimum atomic E-state index is -3.68. The molecule has 0 radical (unpaired) electrons. The summed E-state index contributed by atoms with van der Waals surface area (Å²) in [7, 11) is -2.29. The summed E-state index contributed by atoms with van der Waals surface area (Å²) in [4.78, 5) is 28.7. The highest BCUT2D eigenvalue weighted by atomic mass is 32.3. The zero-order valence-corrected chi connectivity index (χ0v) is 20.5. The van der Waals surface area contributed by atoms with Gasteiger partial charge in [0.1, 0.15) is 0 Å². The molecule has 182 valence electrons. The van der Waals surface area contributed by atoms with E-state index in [2.05, 4.69) is 10.1 Å². The third kappa shape index (κ3) is 5.05. The second-order valence-electron chi connectivity index (χ2n) is 7.84. The smallest absolute Gasteiger partial charge is 0.379 e. The summed E-state index contributed by atoms with van der Waals surface area (Å²) in [5, 5.41) is 13.5. The average molecular weight is 517 g/mol. The quantitative estimate of drug-likeness (QED) is 0.347. The van der Waals surface area contributed by atoms with Crippen LogP contribution in [0.15, 0.2) is 56.7 Å². The molecule has 0 unspecified atom stereocenters. The molecule has 0 spiro atoms. The summed E-state index contributed by atoms with van der Waals surface area (Å²) in [5.74, 6) is -1.60. The van der Waals surface area contributed by atoms with Crippen molar-refractivity contribution in [3.8, 4) is 11.5 Å². The Labute approximate surface area is 204 Å². The van der Waals surface area contributed by atoms with Crippen molar-refractivity contribution < 1.29 is 31.9 Å². The lowest BCUT2D eigenvalue weighted by Gasteiger charge is -2.20. The van der Waals surface area contributed by atoms with E-state index in [0.717, 1.165) is 16.8 Å². The number of methoxy groups -OCH3 is 1. The minimum Gasteiger partial charge on any atom is -0.493 e. The molecule has 0 aliphatic carbocycles. The fraction of sp³-hybridized carbons (Fsp3) is 0.227. The van der Waals surface area contributed by atoms with Crippen molar-refractivity contribution in [3.63, 3.8) is 0 Å². The van der Waals surface area contributed by atoms with Crippen LogP contribution in [0, 0.1) is 11.3 Å². The number of esters is 1. The Hall–Kier alpha value is -3.71. The van der Waals surface area contributed by atoms with E-state index in [4.69, 9.17) is 19.3 Å². The van der Waals surface area contributed by atoms with Crippen molar-refractivity contribution in [3.05, 3.63) is 53.5 Å². The number of sulfone groups is 1. The predicted molar refractivity (Wildman–Crippen MR) is 130 cm³/mol. The largest absolute Gasteiger partial charge is 0.493 e. The molecule has 1 N–H and O–H groups in total. The number of amidine groups is 2. The van der Waals surface area contributed by atoms with Gasteiger partial charge >= 0.3 is 5.97 Å².